The second-order valence-electron chi connectivity index (χ2n) is 7.28. The average molecular weight is 474 g/mol. The molecule has 0 atom stereocenters. The molecule has 1 heterocycles. The van der Waals surface area contributed by atoms with E-state index in [0.717, 1.165) is 5.56 Å². The number of H-pyrrole nitrogens is 1. The minimum Gasteiger partial charge on any atom is -0.412 e. The van der Waals surface area contributed by atoms with Crippen LogP contribution in [0.2, 0.25) is 5.02 Å². The molecule has 1 amide bonds. The first kappa shape index (κ1) is 24.2. The van der Waals surface area contributed by atoms with E-state index < -0.39 is 5.56 Å². The second kappa shape index (κ2) is 10.4. The first-order valence-electron chi connectivity index (χ1n) is 9.98. The molecule has 0 fully saturated rings. The van der Waals surface area contributed by atoms with Crippen molar-refractivity contribution in [3.05, 3.63) is 105 Å². The van der Waals surface area contributed by atoms with Gasteiger partial charge in [0.15, 0.2) is 0 Å². The van der Waals surface area contributed by atoms with Crippen molar-refractivity contribution in [3.8, 4) is 17.3 Å². The fourth-order valence-electron chi connectivity index (χ4n) is 3.13. The van der Waals surface area contributed by atoms with Gasteiger partial charge in [-0.3, -0.25) is 14.6 Å². The highest BCUT2D eigenvalue weighted by Crippen LogP contribution is 2.24. The Kier molecular flexibility index (Phi) is 7.43. The third kappa shape index (κ3) is 5.48. The molecule has 1 aromatic heterocycles. The molecule has 0 saturated carbocycles. The molecule has 4 aromatic rings. The summed E-state index contributed by atoms with van der Waals surface area (Å²) in [5.41, 5.74) is 2.99. The molecule has 4 rings (SSSR count). The highest BCUT2D eigenvalue weighted by atomic mass is 35.5. The molecule has 5 N–H and O–H groups in total. The number of rotatable bonds is 5. The maximum atomic E-state index is 12.5. The lowest BCUT2D eigenvalue weighted by Crippen LogP contribution is -2.16. The van der Waals surface area contributed by atoms with Gasteiger partial charge in [-0.15, -0.1) is 0 Å². The molecule has 3 aromatic carbocycles. The molecule has 0 spiro atoms. The molecular weight excluding hydrogens is 454 g/mol. The van der Waals surface area contributed by atoms with E-state index in [2.05, 4.69) is 20.6 Å². The molecule has 9 heteroatoms. The van der Waals surface area contributed by atoms with E-state index in [1.165, 1.54) is 0 Å². The normalized spacial score (nSPS) is 10.0. The number of amides is 1. The third-order valence-electron chi connectivity index (χ3n) is 4.87. The van der Waals surface area contributed by atoms with Gasteiger partial charge in [0.25, 0.3) is 11.5 Å². The zero-order valence-electron chi connectivity index (χ0n) is 18.0. The van der Waals surface area contributed by atoms with Crippen LogP contribution in [0.4, 0.5) is 17.3 Å². The Hall–Kier alpha value is -4.45. The summed E-state index contributed by atoms with van der Waals surface area (Å²) in [6.07, 6.45) is 0. The number of aromatic amines is 1. The summed E-state index contributed by atoms with van der Waals surface area (Å²) >= 11 is 5.91. The van der Waals surface area contributed by atoms with E-state index in [1.807, 2.05) is 25.1 Å². The largest absolute Gasteiger partial charge is 0.412 e. The number of nitrogens with one attached hydrogen (secondary N) is 3. The van der Waals surface area contributed by atoms with Gasteiger partial charge in [-0.25, -0.2) is 4.98 Å². The summed E-state index contributed by atoms with van der Waals surface area (Å²) < 4.78 is 0. The van der Waals surface area contributed by atoms with Crippen LogP contribution >= 0.6 is 11.6 Å². The Balaban J connectivity index is 0.00000324. The van der Waals surface area contributed by atoms with Crippen LogP contribution < -0.4 is 16.2 Å². The van der Waals surface area contributed by atoms with Gasteiger partial charge in [0.1, 0.15) is 11.6 Å². The number of aromatic nitrogens is 2. The molecule has 34 heavy (non-hydrogen) atoms. The predicted molar refractivity (Wildman–Crippen MR) is 132 cm³/mol. The number of hydrogen-bond donors (Lipinski definition) is 3. The van der Waals surface area contributed by atoms with Gasteiger partial charge in [0.2, 0.25) is 5.95 Å². The van der Waals surface area contributed by atoms with E-state index in [-0.39, 0.29) is 28.6 Å². The summed E-state index contributed by atoms with van der Waals surface area (Å²) in [5, 5.41) is 15.9. The van der Waals surface area contributed by atoms with Gasteiger partial charge in [0.05, 0.1) is 5.69 Å². The van der Waals surface area contributed by atoms with E-state index in [4.69, 9.17) is 11.6 Å². The highest BCUT2D eigenvalue weighted by Gasteiger charge is 2.14. The number of nitriles is 1. The lowest BCUT2D eigenvalue weighted by Gasteiger charge is -2.10. The number of aryl methyl sites for hydroxylation is 1. The van der Waals surface area contributed by atoms with Gasteiger partial charge < -0.3 is 16.1 Å². The van der Waals surface area contributed by atoms with Crippen molar-refractivity contribution in [2.75, 3.05) is 10.6 Å². The molecule has 0 aliphatic rings. The van der Waals surface area contributed by atoms with Gasteiger partial charge >= 0.3 is 0 Å². The van der Waals surface area contributed by atoms with Gasteiger partial charge in [0, 0.05) is 27.5 Å². The SMILES string of the molecule is Cc1ccc(C(=O)Nc2ccc(-c3nc(Nc4ccc(Cl)cc4)[nH]c(=O)c3C#N)cc2)cc1.O. The zero-order valence-corrected chi connectivity index (χ0v) is 18.8. The van der Waals surface area contributed by atoms with Crippen LogP contribution in [-0.4, -0.2) is 21.4 Å². The number of halogens is 1. The summed E-state index contributed by atoms with van der Waals surface area (Å²) in [4.78, 5) is 31.9. The fraction of sp³-hybridized carbons (Fsp3) is 0.0400. The monoisotopic (exact) mass is 473 g/mol. The van der Waals surface area contributed by atoms with Gasteiger partial charge in [-0.05, 0) is 55.5 Å². The topological polar surface area (TPSA) is 142 Å². The van der Waals surface area contributed by atoms with Crippen molar-refractivity contribution in [2.24, 2.45) is 0 Å². The van der Waals surface area contributed by atoms with Crippen LogP contribution in [0, 0.1) is 18.3 Å². The van der Waals surface area contributed by atoms with Crippen molar-refractivity contribution in [3.63, 3.8) is 0 Å². The molecule has 0 unspecified atom stereocenters. The predicted octanol–water partition coefficient (Wildman–Crippen LogP) is 4.44. The van der Waals surface area contributed by atoms with Crippen molar-refractivity contribution in [1.29, 1.82) is 5.26 Å². The lowest BCUT2D eigenvalue weighted by atomic mass is 10.1. The van der Waals surface area contributed by atoms with E-state index >= 15 is 0 Å². The number of carbonyl (C=O) groups is 1. The minimum atomic E-state index is -0.560. The van der Waals surface area contributed by atoms with Crippen LogP contribution in [0.25, 0.3) is 11.3 Å². The summed E-state index contributed by atoms with van der Waals surface area (Å²) in [6, 6.07) is 22.8. The fourth-order valence-corrected chi connectivity index (χ4v) is 3.26. The molecule has 0 radical (unpaired) electrons. The summed E-state index contributed by atoms with van der Waals surface area (Å²) in [6.45, 7) is 1.95. The molecule has 0 aliphatic carbocycles. The maximum absolute atomic E-state index is 12.5. The lowest BCUT2D eigenvalue weighted by molar-refractivity contribution is 0.102. The molecule has 170 valence electrons. The average Bonchev–Trinajstić information content (AvgIpc) is 2.81. The zero-order chi connectivity index (χ0) is 23.4. The van der Waals surface area contributed by atoms with Crippen molar-refractivity contribution >= 4 is 34.8 Å². The van der Waals surface area contributed by atoms with E-state index in [9.17, 15) is 14.9 Å². The second-order valence-corrected chi connectivity index (χ2v) is 7.72. The van der Waals surface area contributed by atoms with E-state index in [0.29, 0.717) is 27.5 Å². The quantitative estimate of drug-likeness (QED) is 0.392. The summed E-state index contributed by atoms with van der Waals surface area (Å²) in [7, 11) is 0. The first-order chi connectivity index (χ1) is 15.9. The van der Waals surface area contributed by atoms with Crippen LogP contribution in [0.1, 0.15) is 21.5 Å². The Bertz CT molecular complexity index is 1410. The maximum Gasteiger partial charge on any atom is 0.270 e. The number of carbonyl (C=O) groups excluding carboxylic acids is 1. The Morgan fingerprint density at radius 1 is 0.971 bits per heavy atom. The molecule has 0 saturated heterocycles. The third-order valence-corrected chi connectivity index (χ3v) is 5.12. The minimum absolute atomic E-state index is 0. The van der Waals surface area contributed by atoms with Gasteiger partial charge in [-0.1, -0.05) is 41.4 Å². The number of nitrogens with zero attached hydrogens (tertiary/aromatic N) is 2. The van der Waals surface area contributed by atoms with Crippen LogP contribution in [0.3, 0.4) is 0 Å². The van der Waals surface area contributed by atoms with Crippen molar-refractivity contribution in [1.82, 2.24) is 9.97 Å². The highest BCUT2D eigenvalue weighted by molar-refractivity contribution is 6.30. The van der Waals surface area contributed by atoms with Crippen LogP contribution in [0.5, 0.6) is 0 Å². The van der Waals surface area contributed by atoms with Crippen molar-refractivity contribution < 1.29 is 10.3 Å². The van der Waals surface area contributed by atoms with Gasteiger partial charge in [-0.2, -0.15) is 5.26 Å². The first-order valence-corrected chi connectivity index (χ1v) is 10.4. The molecular formula is C25H20ClN5O3. The smallest absolute Gasteiger partial charge is 0.270 e. The number of anilines is 3. The Morgan fingerprint density at radius 2 is 1.59 bits per heavy atom. The van der Waals surface area contributed by atoms with E-state index in [1.54, 1.807) is 60.7 Å². The summed E-state index contributed by atoms with van der Waals surface area (Å²) in [5.74, 6) is -0.0442. The standard InChI is InChI=1S/C25H18ClN5O2.H2O/c1-15-2-4-17(5-3-15)23(32)28-19-10-6-16(7-11-19)22-21(14-27)24(33)31-25(30-22)29-20-12-8-18(26)9-13-20;/h2-13H,1H3,(H,28,32)(H2,29,30,31,33);1H2. The van der Waals surface area contributed by atoms with Crippen molar-refractivity contribution in [2.45, 2.75) is 6.92 Å². The molecule has 8 nitrogen and oxygen atoms in total. The number of benzene rings is 3. The van der Waals surface area contributed by atoms with Crippen LogP contribution in [-0.2, 0) is 0 Å². The molecule has 0 bridgehead atoms. The Labute approximate surface area is 200 Å². The number of hydrogen-bond acceptors (Lipinski definition) is 5. The Morgan fingerprint density at radius 3 is 2.21 bits per heavy atom. The molecule has 0 aliphatic heterocycles. The van der Waals surface area contributed by atoms with Crippen LogP contribution in [0.15, 0.2) is 77.6 Å².